The highest BCUT2D eigenvalue weighted by molar-refractivity contribution is 9.08. The van der Waals surface area contributed by atoms with Gasteiger partial charge in [0.1, 0.15) is 6.04 Å². The molecular formula is C17H16BrNO3. The van der Waals surface area contributed by atoms with Gasteiger partial charge < -0.3 is 10.4 Å². The summed E-state index contributed by atoms with van der Waals surface area (Å²) < 4.78 is 0. The van der Waals surface area contributed by atoms with Crippen LogP contribution < -0.4 is 5.32 Å². The molecule has 0 fully saturated rings. The average molecular weight is 362 g/mol. The number of carbonyl (C=O) groups excluding carboxylic acids is 1. The summed E-state index contributed by atoms with van der Waals surface area (Å²) >= 11 is 3.34. The van der Waals surface area contributed by atoms with Gasteiger partial charge in [-0.2, -0.15) is 0 Å². The fourth-order valence-corrected chi connectivity index (χ4v) is 2.41. The van der Waals surface area contributed by atoms with Gasteiger partial charge in [0.05, 0.1) is 0 Å². The molecule has 0 saturated heterocycles. The summed E-state index contributed by atoms with van der Waals surface area (Å²) in [6.45, 7) is 0. The van der Waals surface area contributed by atoms with E-state index in [1.807, 2.05) is 42.5 Å². The summed E-state index contributed by atoms with van der Waals surface area (Å²) in [6, 6.07) is 15.3. The van der Waals surface area contributed by atoms with Crippen LogP contribution in [0.4, 0.5) is 0 Å². The molecule has 1 amide bonds. The van der Waals surface area contributed by atoms with E-state index >= 15 is 0 Å². The minimum Gasteiger partial charge on any atom is -0.480 e. The van der Waals surface area contributed by atoms with E-state index in [9.17, 15) is 14.7 Å². The maximum Gasteiger partial charge on any atom is 0.326 e. The van der Waals surface area contributed by atoms with Crippen molar-refractivity contribution >= 4 is 27.8 Å². The van der Waals surface area contributed by atoms with Gasteiger partial charge in [0.25, 0.3) is 5.91 Å². The highest BCUT2D eigenvalue weighted by atomic mass is 79.9. The minimum absolute atomic E-state index is 0.251. The zero-order chi connectivity index (χ0) is 15.9. The SMILES string of the molecule is O=C(N[C@H](Cc1ccccc1)C(=O)O)c1ccc(CBr)cc1. The number of carboxylic acid groups (broad SMARTS) is 1. The van der Waals surface area contributed by atoms with Crippen molar-refractivity contribution in [2.75, 3.05) is 0 Å². The van der Waals surface area contributed by atoms with E-state index in [1.165, 1.54) is 0 Å². The summed E-state index contributed by atoms with van der Waals surface area (Å²) in [7, 11) is 0. The Morgan fingerprint density at radius 2 is 1.64 bits per heavy atom. The molecule has 1 atom stereocenters. The molecule has 0 bridgehead atoms. The molecule has 5 heteroatoms. The van der Waals surface area contributed by atoms with E-state index in [0.717, 1.165) is 11.1 Å². The second kappa shape index (κ2) is 7.75. The largest absolute Gasteiger partial charge is 0.480 e. The van der Waals surface area contributed by atoms with Gasteiger partial charge in [-0.3, -0.25) is 4.79 Å². The van der Waals surface area contributed by atoms with Gasteiger partial charge in [0, 0.05) is 17.3 Å². The number of aliphatic carboxylic acids is 1. The zero-order valence-electron chi connectivity index (χ0n) is 11.8. The fraction of sp³-hybridized carbons (Fsp3) is 0.176. The molecule has 114 valence electrons. The van der Waals surface area contributed by atoms with E-state index in [0.29, 0.717) is 10.9 Å². The first-order valence-corrected chi connectivity index (χ1v) is 7.95. The predicted molar refractivity (Wildman–Crippen MR) is 88.1 cm³/mol. The zero-order valence-corrected chi connectivity index (χ0v) is 13.4. The molecule has 0 radical (unpaired) electrons. The van der Waals surface area contributed by atoms with Gasteiger partial charge in [-0.15, -0.1) is 0 Å². The molecule has 0 unspecified atom stereocenters. The third kappa shape index (κ3) is 4.43. The van der Waals surface area contributed by atoms with Crippen LogP contribution in [0.25, 0.3) is 0 Å². The van der Waals surface area contributed by atoms with Gasteiger partial charge in [0.2, 0.25) is 0 Å². The Labute approximate surface area is 137 Å². The van der Waals surface area contributed by atoms with Crippen LogP contribution in [0.3, 0.4) is 0 Å². The van der Waals surface area contributed by atoms with Crippen molar-refractivity contribution in [1.82, 2.24) is 5.32 Å². The number of hydrogen-bond acceptors (Lipinski definition) is 2. The molecule has 2 N–H and O–H groups in total. The quantitative estimate of drug-likeness (QED) is 0.777. The molecule has 4 nitrogen and oxygen atoms in total. The molecule has 0 aliphatic carbocycles. The van der Waals surface area contributed by atoms with Crippen LogP contribution in [-0.2, 0) is 16.5 Å². The van der Waals surface area contributed by atoms with Crippen LogP contribution in [-0.4, -0.2) is 23.0 Å². The monoisotopic (exact) mass is 361 g/mol. The number of carboxylic acids is 1. The van der Waals surface area contributed by atoms with Crippen molar-refractivity contribution in [2.45, 2.75) is 17.8 Å². The number of rotatable bonds is 6. The Kier molecular flexibility index (Phi) is 5.72. The highest BCUT2D eigenvalue weighted by Crippen LogP contribution is 2.09. The van der Waals surface area contributed by atoms with Crippen LogP contribution in [0.15, 0.2) is 54.6 Å². The summed E-state index contributed by atoms with van der Waals surface area (Å²) in [5.41, 5.74) is 2.37. The van der Waals surface area contributed by atoms with E-state index in [1.54, 1.807) is 12.1 Å². The lowest BCUT2D eigenvalue weighted by molar-refractivity contribution is -0.139. The van der Waals surface area contributed by atoms with Crippen LogP contribution in [0, 0.1) is 0 Å². The number of hydrogen-bond donors (Lipinski definition) is 2. The molecule has 0 spiro atoms. The molecule has 0 aromatic heterocycles. The highest BCUT2D eigenvalue weighted by Gasteiger charge is 2.21. The molecule has 0 aliphatic heterocycles. The second-order valence-electron chi connectivity index (χ2n) is 4.88. The molecule has 2 aromatic carbocycles. The summed E-state index contributed by atoms with van der Waals surface area (Å²) in [5, 5.41) is 12.6. The Hall–Kier alpha value is -2.14. The molecule has 0 heterocycles. The first kappa shape index (κ1) is 16.2. The fourth-order valence-electron chi connectivity index (χ4n) is 2.04. The summed E-state index contributed by atoms with van der Waals surface area (Å²) in [5.74, 6) is -1.43. The first-order chi connectivity index (χ1) is 10.6. The van der Waals surface area contributed by atoms with Crippen molar-refractivity contribution in [3.63, 3.8) is 0 Å². The van der Waals surface area contributed by atoms with Crippen molar-refractivity contribution in [3.8, 4) is 0 Å². The molecular weight excluding hydrogens is 346 g/mol. The number of halogens is 1. The summed E-state index contributed by atoms with van der Waals surface area (Å²) in [6.07, 6.45) is 0.251. The third-order valence-electron chi connectivity index (χ3n) is 3.26. The van der Waals surface area contributed by atoms with E-state index < -0.39 is 12.0 Å². The Morgan fingerprint density at radius 1 is 1.00 bits per heavy atom. The lowest BCUT2D eigenvalue weighted by Gasteiger charge is -2.15. The van der Waals surface area contributed by atoms with Crippen LogP contribution in [0.1, 0.15) is 21.5 Å². The smallest absolute Gasteiger partial charge is 0.326 e. The van der Waals surface area contributed by atoms with Crippen LogP contribution in [0.5, 0.6) is 0 Å². The molecule has 0 saturated carbocycles. The number of carbonyl (C=O) groups is 2. The predicted octanol–water partition coefficient (Wildman–Crippen LogP) is 3.01. The second-order valence-corrected chi connectivity index (χ2v) is 5.45. The maximum absolute atomic E-state index is 12.2. The normalized spacial score (nSPS) is 11.7. The number of alkyl halides is 1. The molecule has 22 heavy (non-hydrogen) atoms. The Balaban J connectivity index is 2.06. The van der Waals surface area contributed by atoms with Crippen molar-refractivity contribution < 1.29 is 14.7 Å². The van der Waals surface area contributed by atoms with E-state index in [2.05, 4.69) is 21.2 Å². The van der Waals surface area contributed by atoms with E-state index in [4.69, 9.17) is 0 Å². The Bertz CT molecular complexity index is 641. The number of nitrogens with one attached hydrogen (secondary N) is 1. The lowest BCUT2D eigenvalue weighted by Crippen LogP contribution is -2.42. The van der Waals surface area contributed by atoms with Gasteiger partial charge >= 0.3 is 5.97 Å². The third-order valence-corrected chi connectivity index (χ3v) is 3.90. The van der Waals surface area contributed by atoms with Gasteiger partial charge in [-0.25, -0.2) is 4.79 Å². The van der Waals surface area contributed by atoms with Gasteiger partial charge in [-0.05, 0) is 23.3 Å². The molecule has 0 aliphatic rings. The van der Waals surface area contributed by atoms with E-state index in [-0.39, 0.29) is 12.3 Å². The van der Waals surface area contributed by atoms with Gasteiger partial charge in [-0.1, -0.05) is 58.4 Å². The van der Waals surface area contributed by atoms with Gasteiger partial charge in [0.15, 0.2) is 0 Å². The first-order valence-electron chi connectivity index (χ1n) is 6.82. The van der Waals surface area contributed by atoms with Crippen molar-refractivity contribution in [3.05, 3.63) is 71.3 Å². The van der Waals surface area contributed by atoms with Crippen LogP contribution >= 0.6 is 15.9 Å². The van der Waals surface area contributed by atoms with Crippen molar-refractivity contribution in [2.24, 2.45) is 0 Å². The average Bonchev–Trinajstić information content (AvgIpc) is 2.55. The van der Waals surface area contributed by atoms with Crippen molar-refractivity contribution in [1.29, 1.82) is 0 Å². The van der Waals surface area contributed by atoms with Crippen LogP contribution in [0.2, 0.25) is 0 Å². The number of benzene rings is 2. The molecule has 2 aromatic rings. The molecule has 2 rings (SSSR count). The minimum atomic E-state index is -1.05. The Morgan fingerprint density at radius 3 is 2.18 bits per heavy atom. The number of amides is 1. The maximum atomic E-state index is 12.2. The lowest BCUT2D eigenvalue weighted by atomic mass is 10.1. The standard InChI is InChI=1S/C17H16BrNO3/c18-11-13-6-8-14(9-7-13)16(20)19-15(17(21)22)10-12-4-2-1-3-5-12/h1-9,15H,10-11H2,(H,19,20)(H,21,22)/t15-/m1/s1. The topological polar surface area (TPSA) is 66.4 Å². The summed E-state index contributed by atoms with van der Waals surface area (Å²) in [4.78, 5) is 23.5.